The highest BCUT2D eigenvalue weighted by molar-refractivity contribution is 5.76. The number of carboxylic acids is 1. The minimum atomic E-state index is -1.04. The van der Waals surface area contributed by atoms with Crippen LogP contribution in [0.3, 0.4) is 0 Å². The van der Waals surface area contributed by atoms with Gasteiger partial charge in [-0.15, -0.1) is 0 Å². The van der Waals surface area contributed by atoms with Crippen molar-refractivity contribution in [2.24, 2.45) is 5.73 Å². The van der Waals surface area contributed by atoms with Crippen LogP contribution in [0.5, 0.6) is 0 Å². The molecule has 1 rings (SSSR count). The van der Waals surface area contributed by atoms with E-state index in [1.807, 2.05) is 0 Å². The number of nitrogens with zero attached hydrogens (tertiary/aromatic N) is 1. The fourth-order valence-corrected chi connectivity index (χ4v) is 1.66. The van der Waals surface area contributed by atoms with E-state index in [2.05, 4.69) is 10.2 Å². The maximum atomic E-state index is 11.5. The molecule has 0 saturated carbocycles. The van der Waals surface area contributed by atoms with Gasteiger partial charge in [-0.05, 0) is 6.42 Å². The maximum Gasteiger partial charge on any atom is 0.320 e. The van der Waals surface area contributed by atoms with Crippen LogP contribution in [0.1, 0.15) is 12.8 Å². The van der Waals surface area contributed by atoms with E-state index in [0.717, 1.165) is 26.3 Å². The average molecular weight is 259 g/mol. The predicted octanol–water partition coefficient (Wildman–Crippen LogP) is -1.37. The summed E-state index contributed by atoms with van der Waals surface area (Å²) in [5, 5.41) is 11.2. The third-order valence-corrected chi connectivity index (χ3v) is 2.85. The number of morpholine rings is 1. The zero-order chi connectivity index (χ0) is 13.4. The van der Waals surface area contributed by atoms with Gasteiger partial charge in [0.2, 0.25) is 5.91 Å². The fourth-order valence-electron chi connectivity index (χ4n) is 1.66. The minimum Gasteiger partial charge on any atom is -0.480 e. The van der Waals surface area contributed by atoms with Crippen molar-refractivity contribution in [2.75, 3.05) is 39.4 Å². The molecule has 0 bridgehead atoms. The van der Waals surface area contributed by atoms with E-state index in [4.69, 9.17) is 15.6 Å². The van der Waals surface area contributed by atoms with Crippen LogP contribution in [-0.4, -0.2) is 67.3 Å². The van der Waals surface area contributed by atoms with E-state index in [0.29, 0.717) is 19.5 Å². The molecule has 18 heavy (non-hydrogen) atoms. The highest BCUT2D eigenvalue weighted by Gasteiger charge is 2.13. The summed E-state index contributed by atoms with van der Waals surface area (Å²) < 4.78 is 5.21. The number of aliphatic carboxylic acids is 1. The standard InChI is InChI=1S/C11H21N3O4/c12-9(11(16)17)1-3-13-10(15)2-4-14-5-7-18-8-6-14/h9H,1-8,12H2,(H,13,15)(H,16,17)/t9-/m0/s1. The molecular formula is C11H21N3O4. The van der Waals surface area contributed by atoms with Crippen LogP contribution < -0.4 is 11.1 Å². The summed E-state index contributed by atoms with van der Waals surface area (Å²) in [5.74, 6) is -1.11. The Balaban J connectivity index is 2.04. The molecular weight excluding hydrogens is 238 g/mol. The third-order valence-electron chi connectivity index (χ3n) is 2.85. The quantitative estimate of drug-likeness (QED) is 0.521. The molecule has 1 fully saturated rings. The number of rotatable bonds is 7. The summed E-state index contributed by atoms with van der Waals surface area (Å²) in [4.78, 5) is 24.1. The number of carbonyl (C=O) groups is 2. The van der Waals surface area contributed by atoms with Gasteiger partial charge in [-0.3, -0.25) is 14.5 Å². The van der Waals surface area contributed by atoms with Crippen molar-refractivity contribution in [3.8, 4) is 0 Å². The van der Waals surface area contributed by atoms with Gasteiger partial charge in [-0.25, -0.2) is 0 Å². The molecule has 1 heterocycles. The van der Waals surface area contributed by atoms with Gasteiger partial charge in [-0.2, -0.15) is 0 Å². The van der Waals surface area contributed by atoms with Gasteiger partial charge in [0.05, 0.1) is 13.2 Å². The number of carboxylic acid groups (broad SMARTS) is 1. The van der Waals surface area contributed by atoms with Gasteiger partial charge >= 0.3 is 5.97 Å². The zero-order valence-electron chi connectivity index (χ0n) is 10.4. The lowest BCUT2D eigenvalue weighted by molar-refractivity contribution is -0.138. The molecule has 0 aromatic rings. The van der Waals surface area contributed by atoms with Gasteiger partial charge in [0, 0.05) is 32.6 Å². The molecule has 7 heteroatoms. The number of amides is 1. The molecule has 1 saturated heterocycles. The van der Waals surface area contributed by atoms with E-state index in [1.165, 1.54) is 0 Å². The molecule has 1 aliphatic heterocycles. The molecule has 0 aromatic carbocycles. The lowest BCUT2D eigenvalue weighted by Crippen LogP contribution is -2.39. The molecule has 0 aliphatic carbocycles. The van der Waals surface area contributed by atoms with Crippen LogP contribution in [0, 0.1) is 0 Å². The molecule has 7 nitrogen and oxygen atoms in total. The Morgan fingerprint density at radius 2 is 2.06 bits per heavy atom. The van der Waals surface area contributed by atoms with E-state index < -0.39 is 12.0 Å². The fraction of sp³-hybridized carbons (Fsp3) is 0.818. The summed E-state index contributed by atoms with van der Waals surface area (Å²) in [6.07, 6.45) is 0.668. The topological polar surface area (TPSA) is 105 Å². The van der Waals surface area contributed by atoms with Crippen molar-refractivity contribution in [3.63, 3.8) is 0 Å². The van der Waals surface area contributed by atoms with E-state index in [9.17, 15) is 9.59 Å². The first-order chi connectivity index (χ1) is 8.59. The van der Waals surface area contributed by atoms with Crippen LogP contribution in [0.15, 0.2) is 0 Å². The van der Waals surface area contributed by atoms with Crippen molar-refractivity contribution in [2.45, 2.75) is 18.9 Å². The Kier molecular flexibility index (Phi) is 6.63. The van der Waals surface area contributed by atoms with Crippen LogP contribution in [0.2, 0.25) is 0 Å². The lowest BCUT2D eigenvalue weighted by Gasteiger charge is -2.26. The monoisotopic (exact) mass is 259 g/mol. The van der Waals surface area contributed by atoms with Gasteiger partial charge in [0.15, 0.2) is 0 Å². The number of carbonyl (C=O) groups excluding carboxylic acids is 1. The summed E-state index contributed by atoms with van der Waals surface area (Å²) in [7, 11) is 0. The van der Waals surface area contributed by atoms with Crippen molar-refractivity contribution >= 4 is 11.9 Å². The Labute approximate surface area is 106 Å². The number of ether oxygens (including phenoxy) is 1. The van der Waals surface area contributed by atoms with Crippen molar-refractivity contribution in [3.05, 3.63) is 0 Å². The number of hydrogen-bond acceptors (Lipinski definition) is 5. The van der Waals surface area contributed by atoms with Crippen molar-refractivity contribution < 1.29 is 19.4 Å². The minimum absolute atomic E-state index is 0.0703. The van der Waals surface area contributed by atoms with Gasteiger partial charge in [-0.1, -0.05) is 0 Å². The van der Waals surface area contributed by atoms with Gasteiger partial charge in [0.1, 0.15) is 6.04 Å². The van der Waals surface area contributed by atoms with E-state index in [1.54, 1.807) is 0 Å². The second kappa shape index (κ2) is 8.02. The molecule has 0 radical (unpaired) electrons. The molecule has 1 amide bonds. The summed E-state index contributed by atoms with van der Waals surface area (Å²) >= 11 is 0. The second-order valence-electron chi connectivity index (χ2n) is 4.29. The molecule has 0 unspecified atom stereocenters. The molecule has 4 N–H and O–H groups in total. The molecule has 1 aliphatic rings. The first-order valence-electron chi connectivity index (χ1n) is 6.15. The van der Waals surface area contributed by atoms with Crippen LogP contribution in [-0.2, 0) is 14.3 Å². The van der Waals surface area contributed by atoms with Crippen molar-refractivity contribution in [1.29, 1.82) is 0 Å². The predicted molar refractivity (Wildman–Crippen MR) is 65.1 cm³/mol. The van der Waals surface area contributed by atoms with E-state index in [-0.39, 0.29) is 12.3 Å². The molecule has 0 spiro atoms. The summed E-state index contributed by atoms with van der Waals surface area (Å²) in [6, 6.07) is -0.912. The first-order valence-corrected chi connectivity index (χ1v) is 6.15. The molecule has 0 aromatic heterocycles. The Bertz CT molecular complexity index is 279. The first kappa shape index (κ1) is 14.9. The molecule has 1 atom stereocenters. The van der Waals surface area contributed by atoms with Crippen LogP contribution in [0.25, 0.3) is 0 Å². The highest BCUT2D eigenvalue weighted by atomic mass is 16.5. The van der Waals surface area contributed by atoms with Crippen LogP contribution >= 0.6 is 0 Å². The summed E-state index contributed by atoms with van der Waals surface area (Å²) in [6.45, 7) is 4.16. The third kappa shape index (κ3) is 5.95. The van der Waals surface area contributed by atoms with Crippen LogP contribution in [0.4, 0.5) is 0 Å². The zero-order valence-corrected chi connectivity index (χ0v) is 10.4. The number of hydrogen-bond donors (Lipinski definition) is 3. The Hall–Kier alpha value is -1.18. The number of nitrogens with one attached hydrogen (secondary N) is 1. The van der Waals surface area contributed by atoms with E-state index >= 15 is 0 Å². The Morgan fingerprint density at radius 1 is 1.39 bits per heavy atom. The maximum absolute atomic E-state index is 11.5. The van der Waals surface area contributed by atoms with Crippen molar-refractivity contribution in [1.82, 2.24) is 10.2 Å². The molecule has 104 valence electrons. The van der Waals surface area contributed by atoms with Gasteiger partial charge < -0.3 is 20.9 Å². The van der Waals surface area contributed by atoms with Gasteiger partial charge in [0.25, 0.3) is 0 Å². The Morgan fingerprint density at radius 3 is 2.67 bits per heavy atom. The number of nitrogens with two attached hydrogens (primary N) is 1. The SMILES string of the molecule is N[C@@H](CCNC(=O)CCN1CCOCC1)C(=O)O. The summed E-state index contributed by atoms with van der Waals surface area (Å²) in [5.41, 5.74) is 5.32. The largest absolute Gasteiger partial charge is 0.480 e. The lowest BCUT2D eigenvalue weighted by atomic mass is 10.2. The average Bonchev–Trinajstić information content (AvgIpc) is 2.37. The second-order valence-corrected chi connectivity index (χ2v) is 4.29. The highest BCUT2D eigenvalue weighted by Crippen LogP contribution is 1.98. The smallest absolute Gasteiger partial charge is 0.320 e. The normalized spacial score (nSPS) is 18.3.